The molecule has 1 heterocycles. The Balaban J connectivity index is 2.02. The van der Waals surface area contributed by atoms with Gasteiger partial charge in [-0.2, -0.15) is 4.58 Å². The van der Waals surface area contributed by atoms with Gasteiger partial charge in [0.1, 0.15) is 30.3 Å². The van der Waals surface area contributed by atoms with Gasteiger partial charge in [0, 0.05) is 18.8 Å². The van der Waals surface area contributed by atoms with Gasteiger partial charge in [0.25, 0.3) is 5.16 Å². The van der Waals surface area contributed by atoms with Gasteiger partial charge in [-0.05, 0) is 48.0 Å². The van der Waals surface area contributed by atoms with Crippen molar-refractivity contribution in [2.45, 2.75) is 0 Å². The summed E-state index contributed by atoms with van der Waals surface area (Å²) < 4.78 is 28.5. The molecule has 1 aliphatic carbocycles. The van der Waals surface area contributed by atoms with Crippen LogP contribution in [0.15, 0.2) is 59.2 Å². The van der Waals surface area contributed by atoms with Crippen molar-refractivity contribution in [1.82, 2.24) is 0 Å². The third-order valence-corrected chi connectivity index (χ3v) is 4.27. The summed E-state index contributed by atoms with van der Waals surface area (Å²) in [6.07, 6.45) is 4.69. The Morgan fingerprint density at radius 1 is 1.14 bits per heavy atom. The second-order valence-electron chi connectivity index (χ2n) is 5.06. The Labute approximate surface area is 126 Å². The summed E-state index contributed by atoms with van der Waals surface area (Å²) in [6.45, 7) is 0. The summed E-state index contributed by atoms with van der Waals surface area (Å²) in [5, 5.41) is 0.539. The molecule has 3 rings (SSSR count). The van der Waals surface area contributed by atoms with Gasteiger partial charge in [0.15, 0.2) is 5.71 Å². The molecule has 0 radical (unpaired) electrons. The Bertz CT molecular complexity index is 714. The maximum Gasteiger partial charge on any atom is 0.295 e. The molecule has 2 aliphatic rings. The van der Waals surface area contributed by atoms with Gasteiger partial charge in [0.2, 0.25) is 0 Å². The van der Waals surface area contributed by atoms with Crippen LogP contribution in [-0.2, 0) is 0 Å². The van der Waals surface area contributed by atoms with E-state index in [-0.39, 0.29) is 17.6 Å². The molecule has 0 saturated carbocycles. The molecule has 0 N–H and O–H groups in total. The molecule has 1 unspecified atom stereocenters. The normalized spacial score (nSPS) is 20.8. The van der Waals surface area contributed by atoms with E-state index in [2.05, 4.69) is 0 Å². The van der Waals surface area contributed by atoms with E-state index in [1.54, 1.807) is 18.2 Å². The largest absolute Gasteiger partial charge is 0.341 e. The minimum absolute atomic E-state index is 0.234. The van der Waals surface area contributed by atoms with Crippen LogP contribution < -0.4 is 4.90 Å². The van der Waals surface area contributed by atoms with Gasteiger partial charge in [-0.1, -0.05) is 0 Å². The highest BCUT2D eigenvalue weighted by atomic mass is 35.5. The Hall–Kier alpha value is -1.94. The first-order valence-corrected chi connectivity index (χ1v) is 6.92. The van der Waals surface area contributed by atoms with Crippen LogP contribution in [0, 0.1) is 11.7 Å². The zero-order chi connectivity index (χ0) is 15.1. The maximum atomic E-state index is 13.6. The Kier molecular flexibility index (Phi) is 3.41. The quantitative estimate of drug-likeness (QED) is 0.595. The molecular weight excluding hydrogens is 294 g/mol. The third kappa shape index (κ3) is 2.29. The third-order valence-electron chi connectivity index (χ3n) is 3.82. The summed E-state index contributed by atoms with van der Waals surface area (Å²) in [6, 6.07) is 6.12. The number of halogens is 3. The molecule has 0 aromatic heterocycles. The SMILES string of the molecule is CN(C1=C(Cl)[N+](C)=C2C=CC(F)=CC12)c1ccc(F)cc1. The predicted octanol–water partition coefficient (Wildman–Crippen LogP) is 3.81. The van der Waals surface area contributed by atoms with E-state index < -0.39 is 0 Å². The van der Waals surface area contributed by atoms with Crippen LogP contribution in [0.25, 0.3) is 0 Å². The second kappa shape index (κ2) is 5.11. The van der Waals surface area contributed by atoms with Crippen LogP contribution in [0.1, 0.15) is 0 Å². The molecule has 1 atom stereocenters. The van der Waals surface area contributed by atoms with E-state index in [0.717, 1.165) is 17.1 Å². The molecule has 1 aromatic carbocycles. The average Bonchev–Trinajstić information content (AvgIpc) is 2.70. The van der Waals surface area contributed by atoms with E-state index >= 15 is 0 Å². The lowest BCUT2D eigenvalue weighted by Gasteiger charge is -2.23. The van der Waals surface area contributed by atoms with E-state index in [4.69, 9.17) is 11.6 Å². The smallest absolute Gasteiger partial charge is 0.295 e. The fourth-order valence-electron chi connectivity index (χ4n) is 2.67. The highest BCUT2D eigenvalue weighted by Crippen LogP contribution is 2.36. The van der Waals surface area contributed by atoms with Crippen LogP contribution >= 0.6 is 11.6 Å². The summed E-state index contributed by atoms with van der Waals surface area (Å²) in [7, 11) is 3.68. The molecular formula is C16H14ClF2N2+. The van der Waals surface area contributed by atoms with Gasteiger partial charge in [0.05, 0.1) is 0 Å². The molecule has 0 spiro atoms. The first-order chi connectivity index (χ1) is 9.99. The Morgan fingerprint density at radius 2 is 1.81 bits per heavy atom. The van der Waals surface area contributed by atoms with Crippen LogP contribution in [0.3, 0.4) is 0 Å². The Morgan fingerprint density at radius 3 is 2.48 bits per heavy atom. The van der Waals surface area contributed by atoms with Crippen LogP contribution in [-0.4, -0.2) is 24.4 Å². The molecule has 0 bridgehead atoms. The predicted molar refractivity (Wildman–Crippen MR) is 80.7 cm³/mol. The van der Waals surface area contributed by atoms with Gasteiger partial charge in [-0.25, -0.2) is 8.78 Å². The number of fused-ring (bicyclic) bond motifs is 1. The lowest BCUT2D eigenvalue weighted by Crippen LogP contribution is -2.25. The molecule has 0 fully saturated rings. The number of rotatable bonds is 2. The van der Waals surface area contributed by atoms with Crippen LogP contribution in [0.4, 0.5) is 14.5 Å². The molecule has 2 nitrogen and oxygen atoms in total. The molecule has 108 valence electrons. The monoisotopic (exact) mass is 307 g/mol. The van der Waals surface area contributed by atoms with E-state index in [1.165, 1.54) is 24.3 Å². The number of anilines is 1. The van der Waals surface area contributed by atoms with Crippen molar-refractivity contribution in [3.05, 3.63) is 65.0 Å². The number of hydrogen-bond donors (Lipinski definition) is 0. The van der Waals surface area contributed by atoms with E-state index in [9.17, 15) is 8.78 Å². The average molecular weight is 308 g/mol. The zero-order valence-corrected chi connectivity index (χ0v) is 12.4. The molecule has 21 heavy (non-hydrogen) atoms. The number of hydrogen-bond acceptors (Lipinski definition) is 1. The highest BCUT2D eigenvalue weighted by Gasteiger charge is 2.40. The van der Waals surface area contributed by atoms with Gasteiger partial charge >= 0.3 is 0 Å². The lowest BCUT2D eigenvalue weighted by atomic mass is 9.95. The standard InChI is InChI=1S/C16H14ClF2N2/c1-20(12-6-3-10(18)4-7-12)15-13-9-11(19)5-8-14(13)21(2)16(15)17/h3-9,13H,1-2H3/q+1. The summed E-state index contributed by atoms with van der Waals surface area (Å²) in [5.74, 6) is -0.814. The van der Waals surface area contributed by atoms with Gasteiger partial charge in [-0.3, -0.25) is 0 Å². The summed E-state index contributed by atoms with van der Waals surface area (Å²) in [5.41, 5.74) is 2.49. The molecule has 1 aromatic rings. The van der Waals surface area contributed by atoms with Crippen molar-refractivity contribution in [2.75, 3.05) is 19.0 Å². The molecule has 0 amide bonds. The van der Waals surface area contributed by atoms with Crippen molar-refractivity contribution in [3.8, 4) is 0 Å². The highest BCUT2D eigenvalue weighted by molar-refractivity contribution is 6.30. The number of nitrogens with zero attached hydrogens (tertiary/aromatic N) is 2. The van der Waals surface area contributed by atoms with Gasteiger partial charge in [-0.15, -0.1) is 0 Å². The lowest BCUT2D eigenvalue weighted by molar-refractivity contribution is -0.428. The number of allylic oxidation sites excluding steroid dienone is 4. The number of benzene rings is 1. The molecule has 5 heteroatoms. The van der Waals surface area contributed by atoms with Crippen LogP contribution in [0.2, 0.25) is 0 Å². The molecule has 0 saturated heterocycles. The molecule has 1 aliphatic heterocycles. The maximum absolute atomic E-state index is 13.6. The van der Waals surface area contributed by atoms with Crippen molar-refractivity contribution >= 4 is 23.0 Å². The minimum atomic E-state index is -0.297. The topological polar surface area (TPSA) is 6.25 Å². The second-order valence-corrected chi connectivity index (χ2v) is 5.42. The van der Waals surface area contributed by atoms with Crippen molar-refractivity contribution in [1.29, 1.82) is 0 Å². The van der Waals surface area contributed by atoms with Gasteiger partial charge < -0.3 is 4.90 Å². The first-order valence-electron chi connectivity index (χ1n) is 6.54. The van der Waals surface area contributed by atoms with Crippen molar-refractivity contribution in [2.24, 2.45) is 5.92 Å². The van der Waals surface area contributed by atoms with Crippen molar-refractivity contribution in [3.63, 3.8) is 0 Å². The van der Waals surface area contributed by atoms with E-state index in [1.807, 2.05) is 23.6 Å². The fraction of sp³-hybridized carbons (Fsp3) is 0.188. The van der Waals surface area contributed by atoms with Crippen molar-refractivity contribution < 1.29 is 13.4 Å². The first kappa shape index (κ1) is 14.0. The fourth-order valence-corrected chi connectivity index (χ4v) is 3.01. The summed E-state index contributed by atoms with van der Waals surface area (Å²) in [4.78, 5) is 1.86. The zero-order valence-electron chi connectivity index (χ0n) is 11.6. The van der Waals surface area contributed by atoms with E-state index in [0.29, 0.717) is 5.16 Å². The summed E-state index contributed by atoms with van der Waals surface area (Å²) >= 11 is 6.41. The van der Waals surface area contributed by atoms with Crippen LogP contribution in [0.5, 0.6) is 0 Å². The minimum Gasteiger partial charge on any atom is -0.341 e.